The van der Waals surface area contributed by atoms with Crippen molar-refractivity contribution >= 4 is 46.5 Å². The SMILES string of the molecule is CC.CC(=O)Nc1ccc(SNc2ccc(N)c(NC(=O)C(C)(C)C)c2)cc1. The van der Waals surface area contributed by atoms with Crippen molar-refractivity contribution < 1.29 is 9.59 Å². The monoisotopic (exact) mass is 402 g/mol. The third kappa shape index (κ3) is 7.52. The van der Waals surface area contributed by atoms with Crippen molar-refractivity contribution in [3.8, 4) is 0 Å². The fraction of sp³-hybridized carbons (Fsp3) is 0.333. The van der Waals surface area contributed by atoms with Crippen LogP contribution in [0.15, 0.2) is 47.4 Å². The zero-order chi connectivity index (χ0) is 21.3. The molecule has 2 aromatic carbocycles. The Hall–Kier alpha value is -2.67. The highest BCUT2D eigenvalue weighted by Crippen LogP contribution is 2.29. The van der Waals surface area contributed by atoms with Gasteiger partial charge in [0.15, 0.2) is 0 Å². The smallest absolute Gasteiger partial charge is 0.229 e. The molecular formula is C21H30N4O2S. The molecule has 0 fully saturated rings. The molecule has 2 rings (SSSR count). The number of hydrogen-bond donors (Lipinski definition) is 4. The van der Waals surface area contributed by atoms with E-state index in [2.05, 4.69) is 15.4 Å². The van der Waals surface area contributed by atoms with Gasteiger partial charge in [0.2, 0.25) is 11.8 Å². The van der Waals surface area contributed by atoms with Crippen molar-refractivity contribution in [2.75, 3.05) is 21.1 Å². The summed E-state index contributed by atoms with van der Waals surface area (Å²) in [6.45, 7) is 11.0. The Labute approximate surface area is 171 Å². The summed E-state index contributed by atoms with van der Waals surface area (Å²) in [5, 5.41) is 5.59. The second-order valence-corrected chi connectivity index (χ2v) is 7.80. The second kappa shape index (κ2) is 10.6. The van der Waals surface area contributed by atoms with E-state index in [0.29, 0.717) is 11.4 Å². The minimum absolute atomic E-state index is 0.0948. The number of nitrogens with two attached hydrogens (primary N) is 1. The number of nitrogen functional groups attached to an aromatic ring is 1. The van der Waals surface area contributed by atoms with Gasteiger partial charge in [-0.15, -0.1) is 0 Å². The van der Waals surface area contributed by atoms with Crippen LogP contribution >= 0.6 is 11.9 Å². The number of anilines is 4. The van der Waals surface area contributed by atoms with Gasteiger partial charge in [0.25, 0.3) is 0 Å². The third-order valence-corrected chi connectivity index (χ3v) is 4.29. The normalized spacial score (nSPS) is 10.4. The van der Waals surface area contributed by atoms with Crippen molar-refractivity contribution in [1.82, 2.24) is 0 Å². The molecule has 152 valence electrons. The molecule has 0 radical (unpaired) electrons. The number of benzene rings is 2. The summed E-state index contributed by atoms with van der Waals surface area (Å²) < 4.78 is 3.22. The topological polar surface area (TPSA) is 96.2 Å². The van der Waals surface area contributed by atoms with E-state index in [9.17, 15) is 9.59 Å². The van der Waals surface area contributed by atoms with Gasteiger partial charge in [0.05, 0.1) is 11.4 Å². The molecule has 6 nitrogen and oxygen atoms in total. The summed E-state index contributed by atoms with van der Waals surface area (Å²) in [6.07, 6.45) is 0. The van der Waals surface area contributed by atoms with Crippen LogP contribution in [-0.2, 0) is 9.59 Å². The average molecular weight is 403 g/mol. The first-order valence-electron chi connectivity index (χ1n) is 9.16. The Morgan fingerprint density at radius 2 is 1.50 bits per heavy atom. The number of carbonyl (C=O) groups is 2. The lowest BCUT2D eigenvalue weighted by Gasteiger charge is -2.19. The Morgan fingerprint density at radius 3 is 2.04 bits per heavy atom. The molecule has 0 heterocycles. The highest BCUT2D eigenvalue weighted by atomic mass is 32.2. The summed E-state index contributed by atoms with van der Waals surface area (Å²) in [4.78, 5) is 24.2. The molecule has 0 unspecified atom stereocenters. The highest BCUT2D eigenvalue weighted by Gasteiger charge is 2.21. The van der Waals surface area contributed by atoms with Crippen molar-refractivity contribution in [2.45, 2.75) is 46.4 Å². The van der Waals surface area contributed by atoms with Gasteiger partial charge in [-0.3, -0.25) is 9.59 Å². The van der Waals surface area contributed by atoms with Crippen LogP contribution in [0.5, 0.6) is 0 Å². The molecule has 5 N–H and O–H groups in total. The number of nitrogens with one attached hydrogen (secondary N) is 3. The van der Waals surface area contributed by atoms with Crippen molar-refractivity contribution in [1.29, 1.82) is 0 Å². The molecule has 2 amide bonds. The molecule has 0 aliphatic carbocycles. The van der Waals surface area contributed by atoms with E-state index >= 15 is 0 Å². The Kier molecular flexibility index (Phi) is 8.85. The van der Waals surface area contributed by atoms with E-state index in [1.54, 1.807) is 12.1 Å². The van der Waals surface area contributed by atoms with E-state index in [1.807, 2.05) is 65.0 Å². The van der Waals surface area contributed by atoms with Crippen molar-refractivity contribution in [3.05, 3.63) is 42.5 Å². The molecule has 7 heteroatoms. The van der Waals surface area contributed by atoms with Gasteiger partial charge in [-0.1, -0.05) is 34.6 Å². The van der Waals surface area contributed by atoms with Crippen LogP contribution in [0.1, 0.15) is 41.5 Å². The maximum absolute atomic E-state index is 12.2. The molecule has 0 aliphatic rings. The lowest BCUT2D eigenvalue weighted by Crippen LogP contribution is -2.28. The molecule has 0 spiro atoms. The number of rotatable bonds is 5. The van der Waals surface area contributed by atoms with Crippen LogP contribution in [0.3, 0.4) is 0 Å². The van der Waals surface area contributed by atoms with E-state index in [1.165, 1.54) is 18.9 Å². The maximum atomic E-state index is 12.2. The van der Waals surface area contributed by atoms with Gasteiger partial charge in [-0.2, -0.15) is 0 Å². The average Bonchev–Trinajstić information content (AvgIpc) is 2.64. The number of carbonyl (C=O) groups excluding carboxylic acids is 2. The molecule has 28 heavy (non-hydrogen) atoms. The Balaban J connectivity index is 0.00000190. The zero-order valence-electron chi connectivity index (χ0n) is 17.3. The Morgan fingerprint density at radius 1 is 0.929 bits per heavy atom. The van der Waals surface area contributed by atoms with Crippen LogP contribution in [0.2, 0.25) is 0 Å². The first-order valence-corrected chi connectivity index (χ1v) is 9.98. The van der Waals surface area contributed by atoms with Crippen molar-refractivity contribution in [3.63, 3.8) is 0 Å². The van der Waals surface area contributed by atoms with Crippen LogP contribution < -0.4 is 21.1 Å². The first kappa shape index (κ1) is 23.4. The van der Waals surface area contributed by atoms with E-state index in [4.69, 9.17) is 5.73 Å². The quantitative estimate of drug-likeness (QED) is 0.399. The standard InChI is InChI=1S/C19H24N4O2S.C2H6/c1-12(24)21-13-5-8-15(9-6-13)26-23-14-7-10-16(20)17(11-14)22-18(25)19(2,3)4;1-2/h5-11,23H,20H2,1-4H3,(H,21,24)(H,22,25);1-2H3. The van der Waals surface area contributed by atoms with E-state index in [-0.39, 0.29) is 11.8 Å². The van der Waals surface area contributed by atoms with Gasteiger partial charge < -0.3 is 21.1 Å². The van der Waals surface area contributed by atoms with Gasteiger partial charge in [-0.25, -0.2) is 0 Å². The third-order valence-electron chi connectivity index (χ3n) is 3.44. The van der Waals surface area contributed by atoms with E-state index in [0.717, 1.165) is 16.3 Å². The Bertz CT molecular complexity index is 799. The fourth-order valence-electron chi connectivity index (χ4n) is 1.97. The molecule has 2 aromatic rings. The molecule has 0 saturated carbocycles. The highest BCUT2D eigenvalue weighted by molar-refractivity contribution is 8.00. The van der Waals surface area contributed by atoms with Crippen molar-refractivity contribution in [2.24, 2.45) is 5.41 Å². The molecular weight excluding hydrogens is 372 g/mol. The molecule has 0 aromatic heterocycles. The summed E-state index contributed by atoms with van der Waals surface area (Å²) in [7, 11) is 0. The lowest BCUT2D eigenvalue weighted by molar-refractivity contribution is -0.123. The molecule has 0 bridgehead atoms. The fourth-order valence-corrected chi connectivity index (χ4v) is 2.60. The number of amides is 2. The van der Waals surface area contributed by atoms with Gasteiger partial charge in [0.1, 0.15) is 0 Å². The first-order chi connectivity index (χ1) is 13.1. The van der Waals surface area contributed by atoms with Crippen LogP contribution in [0, 0.1) is 5.41 Å². The molecule has 0 saturated heterocycles. The predicted molar refractivity (Wildman–Crippen MR) is 121 cm³/mol. The summed E-state index contributed by atoms with van der Waals surface area (Å²) in [6, 6.07) is 12.9. The van der Waals surface area contributed by atoms with Crippen LogP contribution in [0.4, 0.5) is 22.7 Å². The molecule has 0 atom stereocenters. The zero-order valence-corrected chi connectivity index (χ0v) is 18.2. The van der Waals surface area contributed by atoms with Gasteiger partial charge in [0, 0.05) is 28.6 Å². The van der Waals surface area contributed by atoms with Gasteiger partial charge >= 0.3 is 0 Å². The van der Waals surface area contributed by atoms with Gasteiger partial charge in [-0.05, 0) is 54.4 Å². The number of hydrogen-bond acceptors (Lipinski definition) is 5. The van der Waals surface area contributed by atoms with Crippen LogP contribution in [-0.4, -0.2) is 11.8 Å². The molecule has 0 aliphatic heterocycles. The minimum Gasteiger partial charge on any atom is -0.397 e. The minimum atomic E-state index is -0.500. The largest absolute Gasteiger partial charge is 0.397 e. The second-order valence-electron chi connectivity index (χ2n) is 6.92. The summed E-state index contributed by atoms with van der Waals surface area (Å²) in [5.41, 5.74) is 8.12. The van der Waals surface area contributed by atoms with Crippen LogP contribution in [0.25, 0.3) is 0 Å². The summed E-state index contributed by atoms with van der Waals surface area (Å²) >= 11 is 1.42. The predicted octanol–water partition coefficient (Wildman–Crippen LogP) is 5.36. The lowest BCUT2D eigenvalue weighted by atomic mass is 9.95. The maximum Gasteiger partial charge on any atom is 0.229 e. The van der Waals surface area contributed by atoms with E-state index < -0.39 is 5.41 Å². The summed E-state index contributed by atoms with van der Waals surface area (Å²) in [5.74, 6) is -0.196.